The van der Waals surface area contributed by atoms with E-state index in [0.717, 1.165) is 38.9 Å². The lowest BCUT2D eigenvalue weighted by atomic mass is 10.2. The third-order valence-electron chi connectivity index (χ3n) is 5.25. The van der Waals surface area contributed by atoms with E-state index in [1.807, 2.05) is 6.07 Å². The molecule has 3 aromatic rings. The first-order valence-corrected chi connectivity index (χ1v) is 13.0. The minimum absolute atomic E-state index is 0.170. The summed E-state index contributed by atoms with van der Waals surface area (Å²) >= 11 is 6.12. The van der Waals surface area contributed by atoms with Crippen molar-refractivity contribution in [2.24, 2.45) is 0 Å². The number of carbonyl (C=O) groups excluding carboxylic acids is 1. The van der Waals surface area contributed by atoms with Crippen molar-refractivity contribution in [3.8, 4) is 0 Å². The number of nitrogens with one attached hydrogen (secondary N) is 1. The molecule has 5 nitrogen and oxygen atoms in total. The number of rotatable bonds is 13. The summed E-state index contributed by atoms with van der Waals surface area (Å²) in [6, 6.07) is 20.8. The number of amides is 1. The Hall–Kier alpha value is -2.41. The fourth-order valence-electron chi connectivity index (χ4n) is 3.50. The molecule has 0 saturated heterocycles. The van der Waals surface area contributed by atoms with Gasteiger partial charge in [-0.3, -0.25) is 13.9 Å². The molecule has 0 aliphatic carbocycles. The fourth-order valence-corrected chi connectivity index (χ4v) is 4.98. The Kier molecular flexibility index (Phi) is 10.2. The molecule has 2 aromatic carbocycles. The van der Waals surface area contributed by atoms with E-state index < -0.39 is 10.8 Å². The summed E-state index contributed by atoms with van der Waals surface area (Å²) in [5.74, 6) is 0.635. The third-order valence-corrected chi connectivity index (χ3v) is 7.09. The van der Waals surface area contributed by atoms with Crippen LogP contribution >= 0.6 is 11.6 Å². The largest absolute Gasteiger partial charge is 0.455 e. The zero-order chi connectivity index (χ0) is 23.5. The summed E-state index contributed by atoms with van der Waals surface area (Å²) < 4.78 is 18.2. The van der Waals surface area contributed by atoms with Crippen molar-refractivity contribution in [3.63, 3.8) is 0 Å². The van der Waals surface area contributed by atoms with Gasteiger partial charge in [0.25, 0.3) is 5.91 Å². The fraction of sp³-hybridized carbons (Fsp3) is 0.346. The molecular formula is C26H31ClN2O3S. The molecule has 0 bridgehead atoms. The van der Waals surface area contributed by atoms with Crippen LogP contribution in [-0.2, 0) is 23.1 Å². The van der Waals surface area contributed by atoms with Crippen LogP contribution in [0.3, 0.4) is 0 Å². The van der Waals surface area contributed by atoms with E-state index in [0.29, 0.717) is 22.2 Å². The van der Waals surface area contributed by atoms with E-state index in [1.165, 1.54) is 5.56 Å². The smallest absolute Gasteiger partial charge is 0.286 e. The molecule has 0 unspecified atom stereocenters. The van der Waals surface area contributed by atoms with Crippen LogP contribution in [0.4, 0.5) is 0 Å². The number of hydrogen-bond donors (Lipinski definition) is 1. The second-order valence-electron chi connectivity index (χ2n) is 7.91. The monoisotopic (exact) mass is 486 g/mol. The highest BCUT2D eigenvalue weighted by molar-refractivity contribution is 7.84. The predicted octanol–water partition coefficient (Wildman–Crippen LogP) is 5.66. The van der Waals surface area contributed by atoms with Gasteiger partial charge >= 0.3 is 0 Å². The van der Waals surface area contributed by atoms with Crippen LogP contribution in [0.15, 0.2) is 76.0 Å². The molecule has 0 aliphatic heterocycles. The Balaban J connectivity index is 1.45. The number of halogens is 1. The van der Waals surface area contributed by atoms with Gasteiger partial charge in [-0.25, -0.2) is 0 Å². The Bertz CT molecular complexity index is 1040. The quantitative estimate of drug-likeness (QED) is 0.316. The van der Waals surface area contributed by atoms with E-state index >= 15 is 0 Å². The number of carbonyl (C=O) groups is 1. The van der Waals surface area contributed by atoms with Crippen molar-refractivity contribution >= 4 is 28.3 Å². The number of unbranched alkanes of at least 4 members (excludes halogenated alkanes) is 1. The van der Waals surface area contributed by atoms with E-state index in [-0.39, 0.29) is 17.4 Å². The molecule has 1 N–H and O–H groups in total. The highest BCUT2D eigenvalue weighted by Crippen LogP contribution is 2.22. The summed E-state index contributed by atoms with van der Waals surface area (Å²) in [5, 5.41) is 3.38. The van der Waals surface area contributed by atoms with Gasteiger partial charge in [-0.1, -0.05) is 67.4 Å². The SMILES string of the molecule is CCCCN(CCCNC(=O)c1ccc(C[S@@](=O)c2ccccc2Cl)o1)Cc1ccccc1. The van der Waals surface area contributed by atoms with Crippen LogP contribution in [0.5, 0.6) is 0 Å². The summed E-state index contributed by atoms with van der Waals surface area (Å²) in [6.45, 7) is 5.64. The Morgan fingerprint density at radius 3 is 2.48 bits per heavy atom. The Labute approximate surface area is 203 Å². The number of benzene rings is 2. The molecule has 0 spiro atoms. The predicted molar refractivity (Wildman–Crippen MR) is 134 cm³/mol. The molecule has 33 heavy (non-hydrogen) atoms. The third kappa shape index (κ3) is 8.14. The van der Waals surface area contributed by atoms with Crippen molar-refractivity contribution < 1.29 is 13.4 Å². The molecule has 0 radical (unpaired) electrons. The molecule has 7 heteroatoms. The molecule has 1 atom stereocenters. The standard InChI is InChI=1S/C26H31ClN2O3S/c1-2-3-17-29(19-21-10-5-4-6-11-21)18-9-16-28-26(30)24-15-14-22(32-24)20-33(31)25-13-8-7-12-23(25)27/h4-8,10-15H,2-3,9,16-20H2,1H3,(H,28,30)/t33-/m1/s1. The maximum Gasteiger partial charge on any atom is 0.286 e. The Morgan fingerprint density at radius 1 is 1.00 bits per heavy atom. The normalized spacial score (nSPS) is 12.1. The van der Waals surface area contributed by atoms with Gasteiger partial charge in [-0.05, 0) is 49.2 Å². The van der Waals surface area contributed by atoms with Gasteiger partial charge in [-0.2, -0.15) is 0 Å². The maximum absolute atomic E-state index is 12.6. The van der Waals surface area contributed by atoms with Gasteiger partial charge < -0.3 is 9.73 Å². The average Bonchev–Trinajstić information content (AvgIpc) is 3.29. The second-order valence-corrected chi connectivity index (χ2v) is 9.74. The van der Waals surface area contributed by atoms with Crippen LogP contribution in [0, 0.1) is 0 Å². The molecule has 1 heterocycles. The molecule has 176 valence electrons. The number of hydrogen-bond acceptors (Lipinski definition) is 4. The zero-order valence-corrected chi connectivity index (χ0v) is 20.5. The Morgan fingerprint density at radius 2 is 1.73 bits per heavy atom. The highest BCUT2D eigenvalue weighted by atomic mass is 35.5. The van der Waals surface area contributed by atoms with Gasteiger partial charge in [0.1, 0.15) is 5.76 Å². The van der Waals surface area contributed by atoms with E-state index in [9.17, 15) is 9.00 Å². The lowest BCUT2D eigenvalue weighted by Crippen LogP contribution is -2.30. The molecule has 1 amide bonds. The van der Waals surface area contributed by atoms with E-state index in [2.05, 4.69) is 41.4 Å². The molecular weight excluding hydrogens is 456 g/mol. The summed E-state index contributed by atoms with van der Waals surface area (Å²) in [7, 11) is -1.34. The summed E-state index contributed by atoms with van der Waals surface area (Å²) in [5.41, 5.74) is 1.30. The van der Waals surface area contributed by atoms with Crippen molar-refractivity contribution in [2.75, 3.05) is 19.6 Å². The van der Waals surface area contributed by atoms with Gasteiger partial charge in [0.15, 0.2) is 5.76 Å². The van der Waals surface area contributed by atoms with Gasteiger partial charge in [0.05, 0.1) is 26.5 Å². The summed E-state index contributed by atoms with van der Waals surface area (Å²) in [4.78, 5) is 15.5. The zero-order valence-electron chi connectivity index (χ0n) is 19.0. The first-order valence-electron chi connectivity index (χ1n) is 11.3. The van der Waals surface area contributed by atoms with Crippen molar-refractivity contribution in [2.45, 2.75) is 43.4 Å². The van der Waals surface area contributed by atoms with E-state index in [1.54, 1.807) is 36.4 Å². The average molecular weight is 487 g/mol. The van der Waals surface area contributed by atoms with Gasteiger partial charge in [-0.15, -0.1) is 0 Å². The van der Waals surface area contributed by atoms with Crippen LogP contribution in [0.25, 0.3) is 0 Å². The first kappa shape index (κ1) is 25.2. The highest BCUT2D eigenvalue weighted by Gasteiger charge is 2.15. The van der Waals surface area contributed by atoms with Crippen molar-refractivity contribution in [1.82, 2.24) is 10.2 Å². The van der Waals surface area contributed by atoms with Crippen LogP contribution in [-0.4, -0.2) is 34.7 Å². The van der Waals surface area contributed by atoms with Crippen LogP contribution < -0.4 is 5.32 Å². The molecule has 1 aromatic heterocycles. The van der Waals surface area contributed by atoms with Gasteiger partial charge in [0, 0.05) is 19.6 Å². The molecule has 3 rings (SSSR count). The van der Waals surface area contributed by atoms with Crippen molar-refractivity contribution in [1.29, 1.82) is 0 Å². The minimum Gasteiger partial charge on any atom is -0.455 e. The molecule has 0 fully saturated rings. The van der Waals surface area contributed by atoms with E-state index in [4.69, 9.17) is 16.0 Å². The number of nitrogens with zero attached hydrogens (tertiary/aromatic N) is 1. The molecule has 0 saturated carbocycles. The topological polar surface area (TPSA) is 62.6 Å². The summed E-state index contributed by atoms with van der Waals surface area (Å²) in [6.07, 6.45) is 3.17. The lowest BCUT2D eigenvalue weighted by Gasteiger charge is -2.22. The van der Waals surface area contributed by atoms with Crippen LogP contribution in [0.1, 0.15) is 48.1 Å². The maximum atomic E-state index is 12.6. The lowest BCUT2D eigenvalue weighted by molar-refractivity contribution is 0.0922. The molecule has 0 aliphatic rings. The second kappa shape index (κ2) is 13.3. The van der Waals surface area contributed by atoms with Crippen LogP contribution in [0.2, 0.25) is 5.02 Å². The van der Waals surface area contributed by atoms with Gasteiger partial charge in [0.2, 0.25) is 0 Å². The van der Waals surface area contributed by atoms with Crippen molar-refractivity contribution in [3.05, 3.63) is 88.8 Å². The minimum atomic E-state index is -1.34. The first-order chi connectivity index (χ1) is 16.1. The number of furan rings is 1.